The number of carbonyl (C=O) groups is 1. The maximum absolute atomic E-state index is 14.0. The molecule has 0 aliphatic carbocycles. The number of nitrogens with one attached hydrogen (secondary N) is 2. The molecule has 1 aromatic carbocycles. The van der Waals surface area contributed by atoms with Gasteiger partial charge in [-0.15, -0.1) is 0 Å². The summed E-state index contributed by atoms with van der Waals surface area (Å²) in [7, 11) is 0. The van der Waals surface area contributed by atoms with E-state index in [1.807, 2.05) is 0 Å². The van der Waals surface area contributed by atoms with E-state index < -0.39 is 58.4 Å². The summed E-state index contributed by atoms with van der Waals surface area (Å²) in [6.07, 6.45) is -2.34. The molecule has 169 valence electrons. The van der Waals surface area contributed by atoms with Crippen LogP contribution in [0.25, 0.3) is 0 Å². The van der Waals surface area contributed by atoms with E-state index in [4.69, 9.17) is 0 Å². The highest BCUT2D eigenvalue weighted by Crippen LogP contribution is 2.41. The Morgan fingerprint density at radius 2 is 1.94 bits per heavy atom. The standard InChI is InChI=1S/C21H19F5N3O2.2H2/c1-9(19(30)28-10(2)13-5-4-12(22)8-14(13)23)16-18(21(24,25)26)17-11(3)27-7-6-15(17)29-20(16)31;;/h4-11H,1-3H3,(H,28,30)(H,29,31);2*1H/t9-,10+,11?;;/m1../s1. The molecule has 1 aromatic heterocycles. The third kappa shape index (κ3) is 4.38. The van der Waals surface area contributed by atoms with Crippen molar-refractivity contribution in [3.05, 3.63) is 74.6 Å². The lowest BCUT2D eigenvalue weighted by Crippen LogP contribution is -2.36. The predicted octanol–water partition coefficient (Wildman–Crippen LogP) is 4.84. The number of nitrogens with zero attached hydrogens (tertiary/aromatic N) is 1. The second-order valence-corrected chi connectivity index (χ2v) is 7.33. The molecule has 3 atom stereocenters. The molecule has 5 nitrogen and oxygen atoms in total. The van der Waals surface area contributed by atoms with Gasteiger partial charge in [-0.3, -0.25) is 14.6 Å². The molecule has 1 radical (unpaired) electrons. The third-order valence-electron chi connectivity index (χ3n) is 5.19. The van der Waals surface area contributed by atoms with Crippen LogP contribution in [-0.2, 0) is 11.0 Å². The Balaban J connectivity index is 0.00000272. The van der Waals surface area contributed by atoms with Crippen LogP contribution >= 0.6 is 0 Å². The van der Waals surface area contributed by atoms with E-state index in [1.165, 1.54) is 26.5 Å². The number of benzene rings is 1. The Kier molecular flexibility index (Phi) is 6.02. The fourth-order valence-corrected chi connectivity index (χ4v) is 3.66. The number of aromatic amines is 1. The number of aromatic nitrogens is 1. The van der Waals surface area contributed by atoms with Gasteiger partial charge in [0.15, 0.2) is 0 Å². The Bertz CT molecular complexity index is 1120. The molecule has 2 N–H and O–H groups in total. The number of halogens is 5. The minimum atomic E-state index is -4.91. The van der Waals surface area contributed by atoms with E-state index in [0.717, 1.165) is 19.1 Å². The molecule has 10 heteroatoms. The van der Waals surface area contributed by atoms with E-state index in [2.05, 4.69) is 15.3 Å². The van der Waals surface area contributed by atoms with E-state index in [0.29, 0.717) is 6.07 Å². The molecule has 1 aliphatic rings. The van der Waals surface area contributed by atoms with Crippen LogP contribution in [0.3, 0.4) is 0 Å². The molecule has 0 saturated carbocycles. The maximum atomic E-state index is 14.0. The van der Waals surface area contributed by atoms with Crippen LogP contribution in [0.5, 0.6) is 0 Å². The summed E-state index contributed by atoms with van der Waals surface area (Å²) in [5.74, 6) is -4.14. The van der Waals surface area contributed by atoms with Crippen LogP contribution < -0.4 is 10.9 Å². The number of amides is 1. The zero-order chi connectivity index (χ0) is 23.1. The molecular weight excluding hydrogens is 421 g/mol. The molecule has 2 heterocycles. The van der Waals surface area contributed by atoms with Gasteiger partial charge in [0.1, 0.15) is 11.6 Å². The van der Waals surface area contributed by atoms with Gasteiger partial charge >= 0.3 is 6.18 Å². The van der Waals surface area contributed by atoms with Gasteiger partial charge < -0.3 is 10.3 Å². The van der Waals surface area contributed by atoms with Crippen molar-refractivity contribution in [3.63, 3.8) is 0 Å². The number of hydrogen-bond acceptors (Lipinski definition) is 3. The first-order valence-electron chi connectivity index (χ1n) is 9.41. The van der Waals surface area contributed by atoms with Crippen LogP contribution in [-0.4, -0.2) is 17.1 Å². The van der Waals surface area contributed by atoms with Gasteiger partial charge in [-0.2, -0.15) is 13.2 Å². The largest absolute Gasteiger partial charge is 0.417 e. The van der Waals surface area contributed by atoms with Crippen molar-refractivity contribution in [3.8, 4) is 0 Å². The van der Waals surface area contributed by atoms with E-state index >= 15 is 0 Å². The number of rotatable bonds is 4. The second kappa shape index (κ2) is 8.24. The second-order valence-electron chi connectivity index (χ2n) is 7.33. The Labute approximate surface area is 177 Å². The van der Waals surface area contributed by atoms with Gasteiger partial charge in [-0.1, -0.05) is 6.07 Å². The first kappa shape index (κ1) is 22.6. The topological polar surface area (TPSA) is 74.3 Å². The first-order valence-corrected chi connectivity index (χ1v) is 9.41. The van der Waals surface area contributed by atoms with Crippen LogP contribution in [0.2, 0.25) is 0 Å². The van der Waals surface area contributed by atoms with Crippen molar-refractivity contribution in [1.82, 2.24) is 10.3 Å². The lowest BCUT2D eigenvalue weighted by Gasteiger charge is -2.26. The zero-order valence-corrected chi connectivity index (χ0v) is 16.8. The zero-order valence-electron chi connectivity index (χ0n) is 16.8. The molecular formula is C21H23F5N3O2. The molecule has 0 spiro atoms. The molecule has 3 rings (SSSR count). The Morgan fingerprint density at radius 3 is 2.55 bits per heavy atom. The van der Waals surface area contributed by atoms with Gasteiger partial charge in [0.05, 0.1) is 23.6 Å². The third-order valence-corrected chi connectivity index (χ3v) is 5.19. The molecule has 31 heavy (non-hydrogen) atoms. The minimum Gasteiger partial charge on any atom is -0.349 e. The van der Waals surface area contributed by atoms with Crippen LogP contribution in [0, 0.1) is 18.1 Å². The summed E-state index contributed by atoms with van der Waals surface area (Å²) in [5, 5.41) is 2.39. The van der Waals surface area contributed by atoms with Gasteiger partial charge in [0, 0.05) is 43.9 Å². The fourth-order valence-electron chi connectivity index (χ4n) is 3.66. The summed E-state index contributed by atoms with van der Waals surface area (Å²) >= 11 is 0. The SMILES string of the molecule is CC1N=C[CH]c2[nH]c(=O)c([C@@H](C)C(=O)N[C@@H](C)c3ccc(F)cc3F)c(C(F)(F)F)c21.[HH].[HH]. The molecule has 1 amide bonds. The summed E-state index contributed by atoms with van der Waals surface area (Å²) in [6, 6.07) is 0.908. The molecule has 0 bridgehead atoms. The number of carbonyl (C=O) groups excluding carboxylic acids is 1. The van der Waals surface area contributed by atoms with Crippen molar-refractivity contribution >= 4 is 12.1 Å². The number of fused-ring (bicyclic) bond motifs is 1. The number of alkyl halides is 3. The van der Waals surface area contributed by atoms with Crippen LogP contribution in [0.15, 0.2) is 28.0 Å². The van der Waals surface area contributed by atoms with Gasteiger partial charge in [0.25, 0.3) is 5.56 Å². The van der Waals surface area contributed by atoms with Crippen molar-refractivity contribution in [2.75, 3.05) is 0 Å². The van der Waals surface area contributed by atoms with Gasteiger partial charge in [-0.25, -0.2) is 8.78 Å². The molecule has 1 aliphatic heterocycles. The average molecular weight is 444 g/mol. The molecule has 0 fully saturated rings. The highest BCUT2D eigenvalue weighted by Gasteiger charge is 2.43. The minimum absolute atomic E-state index is 0. The fraction of sp³-hybridized carbons (Fsp3) is 0.333. The van der Waals surface area contributed by atoms with Gasteiger partial charge in [-0.05, 0) is 26.8 Å². The highest BCUT2D eigenvalue weighted by atomic mass is 19.4. The van der Waals surface area contributed by atoms with Crippen LogP contribution in [0.1, 0.15) is 69.6 Å². The Morgan fingerprint density at radius 1 is 1.26 bits per heavy atom. The number of aliphatic imine (C=N–C) groups is 1. The highest BCUT2D eigenvalue weighted by molar-refractivity contribution is 5.84. The van der Waals surface area contributed by atoms with Gasteiger partial charge in [0.2, 0.25) is 5.91 Å². The molecule has 0 saturated heterocycles. The molecule has 1 unspecified atom stereocenters. The smallest absolute Gasteiger partial charge is 0.349 e. The summed E-state index contributed by atoms with van der Waals surface area (Å²) in [4.78, 5) is 31.6. The lowest BCUT2D eigenvalue weighted by atomic mass is 9.87. The van der Waals surface area contributed by atoms with Crippen molar-refractivity contribution in [2.45, 2.75) is 44.9 Å². The number of pyridine rings is 1. The van der Waals surface area contributed by atoms with E-state index in [9.17, 15) is 31.5 Å². The molecule has 2 aromatic rings. The lowest BCUT2D eigenvalue weighted by molar-refractivity contribution is -0.139. The quantitative estimate of drug-likeness (QED) is 0.662. The first-order chi connectivity index (χ1) is 14.4. The normalized spacial score (nSPS) is 17.7. The van der Waals surface area contributed by atoms with E-state index in [1.54, 1.807) is 0 Å². The summed E-state index contributed by atoms with van der Waals surface area (Å²) < 4.78 is 69.1. The number of H-pyrrole nitrogens is 1. The van der Waals surface area contributed by atoms with Crippen molar-refractivity contribution < 1.29 is 29.6 Å². The predicted molar refractivity (Wildman–Crippen MR) is 108 cm³/mol. The monoisotopic (exact) mass is 444 g/mol. The number of hydrogen-bond donors (Lipinski definition) is 2. The van der Waals surface area contributed by atoms with Crippen molar-refractivity contribution in [1.29, 1.82) is 0 Å². The summed E-state index contributed by atoms with van der Waals surface area (Å²) in [5.41, 5.74) is -3.27. The summed E-state index contributed by atoms with van der Waals surface area (Å²) in [6.45, 7) is 4.01. The Hall–Kier alpha value is -3.04. The van der Waals surface area contributed by atoms with Crippen LogP contribution in [0.4, 0.5) is 22.0 Å². The van der Waals surface area contributed by atoms with E-state index in [-0.39, 0.29) is 19.7 Å². The maximum Gasteiger partial charge on any atom is 0.417 e. The van der Waals surface area contributed by atoms with Crippen molar-refractivity contribution in [2.24, 2.45) is 4.99 Å². The average Bonchev–Trinajstić information content (AvgIpc) is 2.65.